The van der Waals surface area contributed by atoms with E-state index in [0.717, 1.165) is 12.1 Å². The highest BCUT2D eigenvalue weighted by atomic mass is 16.6. The third kappa shape index (κ3) is 5.25. The Morgan fingerprint density at radius 3 is 2.19 bits per heavy atom. The summed E-state index contributed by atoms with van der Waals surface area (Å²) in [7, 11) is 0. The maximum Gasteiger partial charge on any atom is 0.347 e. The highest BCUT2D eigenvalue weighted by Crippen LogP contribution is 2.09. The van der Waals surface area contributed by atoms with Crippen molar-refractivity contribution in [3.05, 3.63) is 35.8 Å². The molecule has 114 valence electrons. The minimum absolute atomic E-state index is 0.182. The minimum atomic E-state index is -0.721. The third-order valence-corrected chi connectivity index (χ3v) is 2.56. The summed E-state index contributed by atoms with van der Waals surface area (Å²) in [5.41, 5.74) is 1.44. The van der Waals surface area contributed by atoms with Crippen molar-refractivity contribution < 1.29 is 19.1 Å². The van der Waals surface area contributed by atoms with E-state index in [-0.39, 0.29) is 18.8 Å². The average Bonchev–Trinajstić information content (AvgIpc) is 2.48. The number of pyridine rings is 1. The first kappa shape index (κ1) is 16.7. The number of rotatable bonds is 7. The van der Waals surface area contributed by atoms with Crippen LogP contribution in [0, 0.1) is 0 Å². The van der Waals surface area contributed by atoms with Gasteiger partial charge in [0.25, 0.3) is 0 Å². The molecule has 0 aromatic carbocycles. The Morgan fingerprint density at radius 2 is 1.76 bits per heavy atom. The van der Waals surface area contributed by atoms with E-state index in [1.54, 1.807) is 20.0 Å². The number of anilines is 1. The summed E-state index contributed by atoms with van der Waals surface area (Å²) in [5.74, 6) is -1.44. The van der Waals surface area contributed by atoms with Crippen LogP contribution in [0.5, 0.6) is 0 Å². The number of ether oxygens (including phenoxy) is 2. The number of carbonyl (C=O) groups is 2. The summed E-state index contributed by atoms with van der Waals surface area (Å²) in [5, 5.41) is 2.85. The van der Waals surface area contributed by atoms with Gasteiger partial charge in [0.15, 0.2) is 5.57 Å². The van der Waals surface area contributed by atoms with Gasteiger partial charge in [-0.25, -0.2) is 9.59 Å². The second-order valence-corrected chi connectivity index (χ2v) is 4.04. The van der Waals surface area contributed by atoms with Crippen LogP contribution in [-0.4, -0.2) is 30.1 Å². The van der Waals surface area contributed by atoms with Crippen LogP contribution >= 0.6 is 0 Å². The zero-order valence-corrected chi connectivity index (χ0v) is 12.5. The number of carbonyl (C=O) groups excluding carboxylic acids is 2. The molecule has 6 heteroatoms. The molecule has 0 aliphatic heterocycles. The van der Waals surface area contributed by atoms with E-state index in [1.165, 1.54) is 6.20 Å². The lowest BCUT2D eigenvalue weighted by atomic mass is 10.2. The molecular formula is C15H20N2O4. The van der Waals surface area contributed by atoms with Crippen LogP contribution < -0.4 is 5.32 Å². The van der Waals surface area contributed by atoms with Gasteiger partial charge in [0.05, 0.1) is 25.1 Å². The molecule has 21 heavy (non-hydrogen) atoms. The highest BCUT2D eigenvalue weighted by molar-refractivity contribution is 6.14. The Hall–Kier alpha value is -2.37. The summed E-state index contributed by atoms with van der Waals surface area (Å²) in [4.78, 5) is 27.7. The molecule has 1 N–H and O–H groups in total. The van der Waals surface area contributed by atoms with Crippen molar-refractivity contribution >= 4 is 17.6 Å². The molecular weight excluding hydrogens is 272 g/mol. The van der Waals surface area contributed by atoms with Gasteiger partial charge in [-0.15, -0.1) is 0 Å². The van der Waals surface area contributed by atoms with E-state index in [4.69, 9.17) is 9.47 Å². The van der Waals surface area contributed by atoms with Crippen LogP contribution in [0.4, 0.5) is 5.69 Å². The summed E-state index contributed by atoms with van der Waals surface area (Å²) >= 11 is 0. The van der Waals surface area contributed by atoms with Crippen LogP contribution in [-0.2, 0) is 25.5 Å². The van der Waals surface area contributed by atoms with Crippen LogP contribution in [0.3, 0.4) is 0 Å². The van der Waals surface area contributed by atoms with Gasteiger partial charge in [-0.05, 0) is 32.4 Å². The van der Waals surface area contributed by atoms with Gasteiger partial charge < -0.3 is 14.8 Å². The molecule has 1 heterocycles. The highest BCUT2D eigenvalue weighted by Gasteiger charge is 2.20. The zero-order valence-electron chi connectivity index (χ0n) is 12.5. The number of esters is 2. The van der Waals surface area contributed by atoms with Gasteiger partial charge in [0.2, 0.25) is 0 Å². The number of hydrogen-bond acceptors (Lipinski definition) is 6. The van der Waals surface area contributed by atoms with Gasteiger partial charge in [-0.3, -0.25) is 4.98 Å². The van der Waals surface area contributed by atoms with E-state index in [9.17, 15) is 9.59 Å². The lowest BCUT2D eigenvalue weighted by Gasteiger charge is -2.07. The van der Waals surface area contributed by atoms with Crippen molar-refractivity contribution in [3.8, 4) is 0 Å². The lowest BCUT2D eigenvalue weighted by Crippen LogP contribution is -2.19. The molecule has 0 amide bonds. The average molecular weight is 292 g/mol. The summed E-state index contributed by atoms with van der Waals surface area (Å²) in [6.45, 7) is 5.71. The number of nitrogens with one attached hydrogen (secondary N) is 1. The number of nitrogens with zero attached hydrogens (tertiary/aromatic N) is 1. The predicted molar refractivity (Wildman–Crippen MR) is 78.6 cm³/mol. The smallest absolute Gasteiger partial charge is 0.347 e. The van der Waals surface area contributed by atoms with Gasteiger partial charge in [-0.1, -0.05) is 6.92 Å². The monoisotopic (exact) mass is 292 g/mol. The molecule has 0 fully saturated rings. The van der Waals surface area contributed by atoms with E-state index < -0.39 is 11.9 Å². The molecule has 0 unspecified atom stereocenters. The zero-order chi connectivity index (χ0) is 15.7. The number of aromatic nitrogens is 1. The summed E-state index contributed by atoms with van der Waals surface area (Å²) in [6, 6.07) is 3.68. The predicted octanol–water partition coefficient (Wildman–Crippen LogP) is 2.07. The fourth-order valence-electron chi connectivity index (χ4n) is 1.49. The van der Waals surface area contributed by atoms with Crippen LogP contribution in [0.15, 0.2) is 30.1 Å². The first-order valence-electron chi connectivity index (χ1n) is 6.88. The Bertz CT molecular complexity index is 489. The van der Waals surface area contributed by atoms with Crippen LogP contribution in [0.25, 0.3) is 0 Å². The normalized spacial score (nSPS) is 9.67. The number of hydrogen-bond donors (Lipinski definition) is 1. The molecule has 0 bridgehead atoms. The van der Waals surface area contributed by atoms with Crippen molar-refractivity contribution in [3.63, 3.8) is 0 Å². The number of aryl methyl sites for hydroxylation is 1. The van der Waals surface area contributed by atoms with E-state index in [1.807, 2.05) is 19.1 Å². The van der Waals surface area contributed by atoms with Crippen molar-refractivity contribution in [2.24, 2.45) is 0 Å². The Labute approximate surface area is 124 Å². The molecule has 0 aliphatic carbocycles. The quantitative estimate of drug-likeness (QED) is 0.359. The summed E-state index contributed by atoms with van der Waals surface area (Å²) < 4.78 is 9.67. The fourth-order valence-corrected chi connectivity index (χ4v) is 1.49. The first-order chi connectivity index (χ1) is 10.1. The van der Waals surface area contributed by atoms with Crippen molar-refractivity contribution in [1.29, 1.82) is 0 Å². The molecule has 0 spiro atoms. The first-order valence-corrected chi connectivity index (χ1v) is 6.88. The molecule has 0 atom stereocenters. The van der Waals surface area contributed by atoms with E-state index in [0.29, 0.717) is 5.69 Å². The maximum atomic E-state index is 11.7. The standard InChI is InChI=1S/C15H20N2O4/c1-4-11-7-8-12(9-16-11)17-10-13(14(18)20-5-2)15(19)21-6-3/h7-10,17H,4-6H2,1-3H3. The SMILES string of the molecule is CCOC(=O)C(=CNc1ccc(CC)nc1)C(=O)OCC. The molecule has 0 saturated heterocycles. The Balaban J connectivity index is 2.85. The maximum absolute atomic E-state index is 11.7. The fraction of sp³-hybridized carbons (Fsp3) is 0.400. The van der Waals surface area contributed by atoms with Gasteiger partial charge in [0, 0.05) is 11.9 Å². The molecule has 6 nitrogen and oxygen atoms in total. The van der Waals surface area contributed by atoms with E-state index in [2.05, 4.69) is 10.3 Å². The van der Waals surface area contributed by atoms with Gasteiger partial charge in [-0.2, -0.15) is 0 Å². The topological polar surface area (TPSA) is 77.5 Å². The van der Waals surface area contributed by atoms with E-state index >= 15 is 0 Å². The molecule has 1 aromatic rings. The molecule has 1 rings (SSSR count). The molecule has 0 aliphatic rings. The molecule has 1 aromatic heterocycles. The molecule has 0 radical (unpaired) electrons. The van der Waals surface area contributed by atoms with Crippen molar-refractivity contribution in [1.82, 2.24) is 4.98 Å². The minimum Gasteiger partial charge on any atom is -0.462 e. The Kier molecular flexibility index (Phi) is 6.94. The second kappa shape index (κ2) is 8.73. The van der Waals surface area contributed by atoms with Gasteiger partial charge in [0.1, 0.15) is 0 Å². The van der Waals surface area contributed by atoms with Crippen molar-refractivity contribution in [2.45, 2.75) is 27.2 Å². The van der Waals surface area contributed by atoms with Crippen molar-refractivity contribution in [2.75, 3.05) is 18.5 Å². The third-order valence-electron chi connectivity index (χ3n) is 2.56. The summed E-state index contributed by atoms with van der Waals surface area (Å²) in [6.07, 6.45) is 3.74. The van der Waals surface area contributed by atoms with Crippen LogP contribution in [0.2, 0.25) is 0 Å². The lowest BCUT2D eigenvalue weighted by molar-refractivity contribution is -0.146. The van der Waals surface area contributed by atoms with Gasteiger partial charge >= 0.3 is 11.9 Å². The second-order valence-electron chi connectivity index (χ2n) is 4.04. The molecule has 0 saturated carbocycles. The Morgan fingerprint density at radius 1 is 1.14 bits per heavy atom. The van der Waals surface area contributed by atoms with Crippen LogP contribution in [0.1, 0.15) is 26.5 Å². The largest absolute Gasteiger partial charge is 0.462 e.